The molecule has 2 aliphatic heterocycles. The molecule has 0 unspecified atom stereocenters. The number of amides is 1. The maximum Gasteiger partial charge on any atom is 0.225 e. The molecule has 0 bridgehead atoms. The van der Waals surface area contributed by atoms with Crippen molar-refractivity contribution in [3.63, 3.8) is 0 Å². The fourth-order valence-electron chi connectivity index (χ4n) is 4.39. The fourth-order valence-corrected chi connectivity index (χ4v) is 4.39. The van der Waals surface area contributed by atoms with Gasteiger partial charge in [0.05, 0.1) is 17.4 Å². The maximum atomic E-state index is 11.1. The van der Waals surface area contributed by atoms with E-state index in [0.717, 1.165) is 67.4 Å². The summed E-state index contributed by atoms with van der Waals surface area (Å²) in [5, 5.41) is 2.87. The summed E-state index contributed by atoms with van der Waals surface area (Å²) in [6.07, 6.45) is 5.94. The molecule has 2 aromatic heterocycles. The Kier molecular flexibility index (Phi) is 5.50. The summed E-state index contributed by atoms with van der Waals surface area (Å²) in [5.74, 6) is 0.769. The Morgan fingerprint density at radius 1 is 1.21 bits per heavy atom. The molecule has 2 aliphatic rings. The summed E-state index contributed by atoms with van der Waals surface area (Å²) in [4.78, 5) is 27.3. The van der Waals surface area contributed by atoms with Crippen LogP contribution in [0.5, 0.6) is 0 Å². The van der Waals surface area contributed by atoms with Crippen molar-refractivity contribution in [3.05, 3.63) is 35.8 Å². The zero-order chi connectivity index (χ0) is 20.4. The van der Waals surface area contributed by atoms with Crippen molar-refractivity contribution in [2.45, 2.75) is 58.2 Å². The number of piperidine rings is 1. The van der Waals surface area contributed by atoms with Crippen molar-refractivity contribution in [2.24, 2.45) is 0 Å². The SMILES string of the molecule is CC(=O)NC[C@@H]1CCC2(CCN(c3nccc(-c4ccc(C)nc4C)n3)CC2)O1. The van der Waals surface area contributed by atoms with Gasteiger partial charge in [0, 0.05) is 49.7 Å². The van der Waals surface area contributed by atoms with Crippen LogP contribution in [0, 0.1) is 13.8 Å². The second-order valence-electron chi connectivity index (χ2n) is 8.21. The van der Waals surface area contributed by atoms with Crippen LogP contribution in [0.2, 0.25) is 0 Å². The van der Waals surface area contributed by atoms with Gasteiger partial charge in [-0.3, -0.25) is 9.78 Å². The van der Waals surface area contributed by atoms with Crippen LogP contribution in [-0.2, 0) is 9.53 Å². The topological polar surface area (TPSA) is 80.2 Å². The summed E-state index contributed by atoms with van der Waals surface area (Å²) in [7, 11) is 0. The van der Waals surface area contributed by atoms with E-state index in [0.29, 0.717) is 6.54 Å². The Morgan fingerprint density at radius 2 is 2.00 bits per heavy atom. The largest absolute Gasteiger partial charge is 0.370 e. The van der Waals surface area contributed by atoms with Crippen LogP contribution in [0.25, 0.3) is 11.3 Å². The standard InChI is InChI=1S/C22H29N5O2/c1-15-4-5-19(16(2)25-15)20-7-11-23-21(26-20)27-12-9-22(10-13-27)8-6-18(29-22)14-24-17(3)28/h4-5,7,11,18H,6,8-10,12-14H2,1-3H3,(H,24,28)/t18-/m0/s1. The second kappa shape index (κ2) is 8.06. The van der Waals surface area contributed by atoms with Crippen molar-refractivity contribution < 1.29 is 9.53 Å². The van der Waals surface area contributed by atoms with E-state index in [9.17, 15) is 4.79 Å². The minimum absolute atomic E-state index is 0.000383. The van der Waals surface area contributed by atoms with Gasteiger partial charge < -0.3 is 15.0 Å². The summed E-state index contributed by atoms with van der Waals surface area (Å²) in [5.41, 5.74) is 3.89. The zero-order valence-electron chi connectivity index (χ0n) is 17.4. The number of nitrogens with zero attached hydrogens (tertiary/aromatic N) is 4. The lowest BCUT2D eigenvalue weighted by Crippen LogP contribution is -2.45. The number of aromatic nitrogens is 3. The summed E-state index contributed by atoms with van der Waals surface area (Å²) in [6, 6.07) is 6.04. The molecule has 29 heavy (non-hydrogen) atoms. The van der Waals surface area contributed by atoms with Gasteiger partial charge in [-0.2, -0.15) is 0 Å². The Labute approximate surface area is 171 Å². The van der Waals surface area contributed by atoms with Gasteiger partial charge in [-0.25, -0.2) is 9.97 Å². The van der Waals surface area contributed by atoms with Gasteiger partial charge in [0.2, 0.25) is 11.9 Å². The molecule has 0 aromatic carbocycles. The van der Waals surface area contributed by atoms with E-state index in [2.05, 4.69) is 26.3 Å². The van der Waals surface area contributed by atoms with Crippen molar-refractivity contribution in [3.8, 4) is 11.3 Å². The highest BCUT2D eigenvalue weighted by atomic mass is 16.5. The number of nitrogens with one attached hydrogen (secondary N) is 1. The van der Waals surface area contributed by atoms with E-state index < -0.39 is 0 Å². The van der Waals surface area contributed by atoms with Crippen LogP contribution in [0.3, 0.4) is 0 Å². The third-order valence-electron chi connectivity index (χ3n) is 6.02. The fraction of sp³-hybridized carbons (Fsp3) is 0.545. The number of ether oxygens (including phenoxy) is 1. The van der Waals surface area contributed by atoms with Gasteiger partial charge in [-0.1, -0.05) is 0 Å². The first-order chi connectivity index (χ1) is 13.9. The highest BCUT2D eigenvalue weighted by Gasteiger charge is 2.42. The smallest absolute Gasteiger partial charge is 0.225 e. The van der Waals surface area contributed by atoms with E-state index in [4.69, 9.17) is 9.72 Å². The minimum atomic E-state index is -0.0608. The quantitative estimate of drug-likeness (QED) is 0.857. The monoisotopic (exact) mass is 395 g/mol. The molecule has 7 heteroatoms. The molecular formula is C22H29N5O2. The third-order valence-corrected chi connectivity index (χ3v) is 6.02. The molecule has 4 heterocycles. The van der Waals surface area contributed by atoms with Gasteiger partial charge >= 0.3 is 0 Å². The average Bonchev–Trinajstić information content (AvgIpc) is 3.10. The predicted molar refractivity (Wildman–Crippen MR) is 112 cm³/mol. The van der Waals surface area contributed by atoms with E-state index in [1.807, 2.05) is 32.2 Å². The summed E-state index contributed by atoms with van der Waals surface area (Å²) >= 11 is 0. The normalized spacial score (nSPS) is 20.8. The Hall–Kier alpha value is -2.54. The van der Waals surface area contributed by atoms with E-state index >= 15 is 0 Å². The number of rotatable bonds is 4. The second-order valence-corrected chi connectivity index (χ2v) is 8.21. The lowest BCUT2D eigenvalue weighted by Gasteiger charge is -2.39. The molecule has 1 atom stereocenters. The highest BCUT2D eigenvalue weighted by Crippen LogP contribution is 2.39. The highest BCUT2D eigenvalue weighted by molar-refractivity contribution is 5.72. The van der Waals surface area contributed by atoms with Gasteiger partial charge in [0.15, 0.2) is 0 Å². The molecule has 0 radical (unpaired) electrons. The number of aryl methyl sites for hydroxylation is 2. The molecule has 4 rings (SSSR count). The minimum Gasteiger partial charge on any atom is -0.370 e. The van der Waals surface area contributed by atoms with Crippen LogP contribution >= 0.6 is 0 Å². The van der Waals surface area contributed by atoms with Crippen LogP contribution in [0.1, 0.15) is 44.0 Å². The molecule has 2 fully saturated rings. The summed E-state index contributed by atoms with van der Waals surface area (Å²) in [6.45, 7) is 7.92. The molecular weight excluding hydrogens is 366 g/mol. The van der Waals surface area contributed by atoms with Gasteiger partial charge in [0.25, 0.3) is 0 Å². The molecule has 1 N–H and O–H groups in total. The Morgan fingerprint density at radius 3 is 2.72 bits per heavy atom. The number of pyridine rings is 1. The van der Waals surface area contributed by atoms with E-state index in [-0.39, 0.29) is 17.6 Å². The van der Waals surface area contributed by atoms with E-state index in [1.165, 1.54) is 0 Å². The predicted octanol–water partition coefficient (Wildman–Crippen LogP) is 2.81. The Bertz CT molecular complexity index is 893. The Balaban J connectivity index is 1.41. The van der Waals surface area contributed by atoms with Crippen molar-refractivity contribution in [1.82, 2.24) is 20.3 Å². The molecule has 0 saturated carbocycles. The number of anilines is 1. The van der Waals surface area contributed by atoms with Gasteiger partial charge in [-0.15, -0.1) is 0 Å². The molecule has 154 valence electrons. The van der Waals surface area contributed by atoms with Gasteiger partial charge in [-0.05, 0) is 57.7 Å². The van der Waals surface area contributed by atoms with Crippen molar-refractivity contribution in [1.29, 1.82) is 0 Å². The first-order valence-electron chi connectivity index (χ1n) is 10.4. The van der Waals surface area contributed by atoms with Crippen LogP contribution in [0.15, 0.2) is 24.4 Å². The molecule has 2 aromatic rings. The number of hydrogen-bond donors (Lipinski definition) is 1. The third kappa shape index (κ3) is 4.40. The number of carbonyl (C=O) groups excluding carboxylic acids is 1. The van der Waals surface area contributed by atoms with Gasteiger partial charge in [0.1, 0.15) is 0 Å². The zero-order valence-corrected chi connectivity index (χ0v) is 17.4. The van der Waals surface area contributed by atoms with E-state index in [1.54, 1.807) is 6.92 Å². The first-order valence-corrected chi connectivity index (χ1v) is 10.4. The van der Waals surface area contributed by atoms with Crippen LogP contribution < -0.4 is 10.2 Å². The maximum absolute atomic E-state index is 11.1. The van der Waals surface area contributed by atoms with Crippen LogP contribution in [0.4, 0.5) is 5.95 Å². The molecule has 2 saturated heterocycles. The van der Waals surface area contributed by atoms with Crippen molar-refractivity contribution >= 4 is 11.9 Å². The van der Waals surface area contributed by atoms with Crippen LogP contribution in [-0.4, -0.2) is 52.2 Å². The number of carbonyl (C=O) groups is 1. The lowest BCUT2D eigenvalue weighted by atomic mass is 9.88. The molecule has 7 nitrogen and oxygen atoms in total. The molecule has 0 aliphatic carbocycles. The van der Waals surface area contributed by atoms with Crippen molar-refractivity contribution in [2.75, 3.05) is 24.5 Å². The molecule has 1 amide bonds. The lowest BCUT2D eigenvalue weighted by molar-refractivity contribution is -0.120. The number of hydrogen-bond acceptors (Lipinski definition) is 6. The first kappa shape index (κ1) is 19.8. The molecule has 1 spiro atoms. The summed E-state index contributed by atoms with van der Waals surface area (Å²) < 4.78 is 6.35. The average molecular weight is 396 g/mol.